The molecule has 8 atom stereocenters. The van der Waals surface area contributed by atoms with Crippen molar-refractivity contribution in [3.05, 3.63) is 87.2 Å². The summed E-state index contributed by atoms with van der Waals surface area (Å²) in [6.45, 7) is 5.75. The molecule has 17 nitrogen and oxygen atoms in total. The lowest BCUT2D eigenvalue weighted by molar-refractivity contribution is -0.114. The topological polar surface area (TPSA) is 286 Å². The molecule has 1 aliphatic heterocycles. The SMILES string of the molecule is Cc1cc(CNCC(O)C(O)C(O)C(O)CO)c(O)c(CN2CCCCN(Cc3cc(C)cc(CNCC(O)C(O)C(O)C(O)CO)c3O)Cc3cccc(n3)C2)c1. The molecule has 0 spiro atoms. The summed E-state index contributed by atoms with van der Waals surface area (Å²) in [5, 5.41) is 127. The average Bonchev–Trinajstić information content (AvgIpc) is 3.22. The van der Waals surface area contributed by atoms with Gasteiger partial charge >= 0.3 is 0 Å². The maximum Gasteiger partial charge on any atom is 0.124 e. The Balaban J connectivity index is 1.39. The highest BCUT2D eigenvalue weighted by Crippen LogP contribution is 2.29. The third-order valence-corrected chi connectivity index (χ3v) is 10.4. The van der Waals surface area contributed by atoms with E-state index in [0.29, 0.717) is 37.3 Å². The Hall–Kier alpha value is -3.37. The summed E-state index contributed by atoms with van der Waals surface area (Å²) >= 11 is 0. The largest absolute Gasteiger partial charge is 0.507 e. The number of hydrogen-bond donors (Lipinski definition) is 14. The minimum atomic E-state index is -1.73. The van der Waals surface area contributed by atoms with Crippen molar-refractivity contribution in [1.29, 1.82) is 0 Å². The molecule has 3 aromatic rings. The van der Waals surface area contributed by atoms with Crippen molar-refractivity contribution in [2.24, 2.45) is 0 Å². The number of aryl methyl sites for hydroxylation is 2. The van der Waals surface area contributed by atoms with E-state index in [1.807, 2.05) is 56.3 Å². The van der Waals surface area contributed by atoms with Gasteiger partial charge in [0.25, 0.3) is 0 Å². The highest BCUT2D eigenvalue weighted by molar-refractivity contribution is 5.44. The molecule has 1 aliphatic rings. The van der Waals surface area contributed by atoms with Gasteiger partial charge in [0, 0.05) is 74.6 Å². The first-order valence-corrected chi connectivity index (χ1v) is 19.7. The van der Waals surface area contributed by atoms with Gasteiger partial charge < -0.3 is 71.9 Å². The van der Waals surface area contributed by atoms with Gasteiger partial charge in [-0.05, 0) is 51.9 Å². The fraction of sp³-hybridized carbons (Fsp3) is 0.585. The maximum atomic E-state index is 11.3. The molecule has 0 saturated carbocycles. The predicted molar refractivity (Wildman–Crippen MR) is 213 cm³/mol. The van der Waals surface area contributed by atoms with Crippen LogP contribution in [0.2, 0.25) is 0 Å². The number of phenolic OH excluding ortho intramolecular Hbond substituents is 2. The van der Waals surface area contributed by atoms with Gasteiger partial charge in [0.15, 0.2) is 0 Å². The number of nitrogens with zero attached hydrogens (tertiary/aromatic N) is 3. The van der Waals surface area contributed by atoms with Crippen LogP contribution >= 0.6 is 0 Å². The van der Waals surface area contributed by atoms with Gasteiger partial charge in [-0.25, -0.2) is 0 Å². The summed E-state index contributed by atoms with van der Waals surface area (Å²) in [4.78, 5) is 9.43. The summed E-state index contributed by atoms with van der Waals surface area (Å²) in [6.07, 6.45) is -11.2. The van der Waals surface area contributed by atoms with Crippen LogP contribution < -0.4 is 10.6 Å². The van der Waals surface area contributed by atoms with E-state index in [9.17, 15) is 51.1 Å². The zero-order valence-corrected chi connectivity index (χ0v) is 33.3. The van der Waals surface area contributed by atoms with Gasteiger partial charge in [0.05, 0.1) is 36.8 Å². The van der Waals surface area contributed by atoms with Crippen molar-refractivity contribution in [3.8, 4) is 11.5 Å². The molecule has 14 N–H and O–H groups in total. The number of nitrogens with one attached hydrogen (secondary N) is 2. The molecule has 0 fully saturated rings. The molecule has 17 heteroatoms. The van der Waals surface area contributed by atoms with Crippen LogP contribution in [-0.4, -0.2) is 164 Å². The number of aliphatic hydroxyl groups excluding tert-OH is 10. The van der Waals surface area contributed by atoms with Crippen molar-refractivity contribution in [2.45, 2.75) is 115 Å². The van der Waals surface area contributed by atoms with Crippen LogP contribution in [0.15, 0.2) is 42.5 Å². The number of fused-ring (bicyclic) bond motifs is 2. The van der Waals surface area contributed by atoms with Gasteiger partial charge in [-0.15, -0.1) is 0 Å². The highest BCUT2D eigenvalue weighted by Gasteiger charge is 2.31. The molecule has 4 rings (SSSR count). The Labute approximate surface area is 339 Å². The lowest BCUT2D eigenvalue weighted by atomic mass is 10.0. The first kappa shape index (κ1) is 47.3. The molecule has 324 valence electrons. The van der Waals surface area contributed by atoms with E-state index in [-0.39, 0.29) is 37.7 Å². The Morgan fingerprint density at radius 2 is 0.931 bits per heavy atom. The van der Waals surface area contributed by atoms with Crippen molar-refractivity contribution in [2.75, 3.05) is 39.4 Å². The fourth-order valence-electron chi connectivity index (χ4n) is 7.20. The molecule has 0 amide bonds. The number of hydrogen-bond acceptors (Lipinski definition) is 17. The summed E-state index contributed by atoms with van der Waals surface area (Å²) in [7, 11) is 0. The molecular weight excluding hydrogens is 754 g/mol. The Bertz CT molecular complexity index is 1600. The lowest BCUT2D eigenvalue weighted by Gasteiger charge is -2.26. The first-order valence-electron chi connectivity index (χ1n) is 19.7. The molecule has 0 saturated heterocycles. The quantitative estimate of drug-likeness (QED) is 0.0585. The van der Waals surface area contributed by atoms with Gasteiger partial charge in [-0.1, -0.05) is 41.5 Å². The standard InChI is InChI=1S/C41H63N5O12/c1-24-10-26(14-42-16-32(49)38(55)40(57)34(51)22-47)36(53)28(12-24)18-45-8-3-4-9-46(21-31-7-5-6-30(20-45)44-31)19-29-13-25(2)11-27(37(29)54)15-43-17-33(50)39(56)41(58)35(52)23-48/h5-7,10-13,32-35,38-43,47-58H,3-4,8-9,14-23H2,1-2H3. The number of aromatic hydroxyl groups is 2. The van der Waals surface area contributed by atoms with E-state index in [0.717, 1.165) is 59.6 Å². The minimum absolute atomic E-state index is 0.101. The van der Waals surface area contributed by atoms with Crippen molar-refractivity contribution in [3.63, 3.8) is 0 Å². The van der Waals surface area contributed by atoms with Crippen molar-refractivity contribution < 1.29 is 61.3 Å². The average molecular weight is 818 g/mol. The van der Waals surface area contributed by atoms with Crippen LogP contribution in [0, 0.1) is 13.8 Å². The van der Waals surface area contributed by atoms with Gasteiger partial charge in [-0.2, -0.15) is 0 Å². The van der Waals surface area contributed by atoms with Crippen molar-refractivity contribution >= 4 is 0 Å². The Kier molecular flexibility index (Phi) is 18.6. The lowest BCUT2D eigenvalue weighted by Crippen LogP contribution is -2.48. The molecule has 8 unspecified atom stereocenters. The van der Waals surface area contributed by atoms with E-state index in [2.05, 4.69) is 20.4 Å². The zero-order valence-electron chi connectivity index (χ0n) is 33.3. The molecule has 0 aliphatic carbocycles. The van der Waals surface area contributed by atoms with E-state index in [1.165, 1.54) is 0 Å². The smallest absolute Gasteiger partial charge is 0.124 e. The van der Waals surface area contributed by atoms with Crippen LogP contribution in [0.4, 0.5) is 0 Å². The third-order valence-electron chi connectivity index (χ3n) is 10.4. The second-order valence-electron chi connectivity index (χ2n) is 15.5. The number of rotatable bonds is 20. The highest BCUT2D eigenvalue weighted by atomic mass is 16.4. The molecular formula is C41H63N5O12. The zero-order chi connectivity index (χ0) is 42.5. The fourth-order valence-corrected chi connectivity index (χ4v) is 7.20. The van der Waals surface area contributed by atoms with Crippen LogP contribution in [0.25, 0.3) is 0 Å². The molecule has 0 radical (unpaired) electrons. The van der Waals surface area contributed by atoms with E-state index in [1.54, 1.807) is 0 Å². The van der Waals surface area contributed by atoms with Crippen LogP contribution in [0.1, 0.15) is 57.6 Å². The van der Waals surface area contributed by atoms with Gasteiger partial charge in [0.1, 0.15) is 48.1 Å². The molecule has 2 bridgehead atoms. The number of pyridine rings is 1. The minimum Gasteiger partial charge on any atom is -0.507 e. The van der Waals surface area contributed by atoms with Crippen LogP contribution in [0.3, 0.4) is 0 Å². The van der Waals surface area contributed by atoms with Crippen molar-refractivity contribution in [1.82, 2.24) is 25.4 Å². The second-order valence-corrected chi connectivity index (χ2v) is 15.5. The molecule has 2 heterocycles. The monoisotopic (exact) mass is 817 g/mol. The molecule has 2 aromatic carbocycles. The number of benzene rings is 2. The first-order chi connectivity index (χ1) is 27.6. The Morgan fingerprint density at radius 1 is 0.569 bits per heavy atom. The van der Waals surface area contributed by atoms with Crippen LogP contribution in [-0.2, 0) is 39.3 Å². The van der Waals surface area contributed by atoms with E-state index < -0.39 is 62.0 Å². The number of aromatic nitrogens is 1. The van der Waals surface area contributed by atoms with Gasteiger partial charge in [0.2, 0.25) is 0 Å². The summed E-state index contributed by atoms with van der Waals surface area (Å²) in [5.74, 6) is 0.202. The molecule has 58 heavy (non-hydrogen) atoms. The summed E-state index contributed by atoms with van der Waals surface area (Å²) in [5.41, 5.74) is 6.19. The maximum absolute atomic E-state index is 11.3. The summed E-state index contributed by atoms with van der Waals surface area (Å²) in [6, 6.07) is 13.4. The normalized spacial score (nSPS) is 18.8. The Morgan fingerprint density at radius 3 is 1.31 bits per heavy atom. The van der Waals surface area contributed by atoms with E-state index in [4.69, 9.17) is 15.2 Å². The summed E-state index contributed by atoms with van der Waals surface area (Å²) < 4.78 is 0. The van der Waals surface area contributed by atoms with E-state index >= 15 is 0 Å². The molecule has 1 aromatic heterocycles. The number of aliphatic hydroxyl groups is 10. The second kappa shape index (κ2) is 22.8. The third kappa shape index (κ3) is 13.6. The number of phenols is 2. The van der Waals surface area contributed by atoms with Crippen LogP contribution in [0.5, 0.6) is 11.5 Å². The van der Waals surface area contributed by atoms with Gasteiger partial charge in [-0.3, -0.25) is 14.8 Å². The predicted octanol–water partition coefficient (Wildman–Crippen LogP) is -2.04.